The molecule has 2 N–H and O–H groups in total. The van der Waals surface area contributed by atoms with Gasteiger partial charge in [0.25, 0.3) is 0 Å². The third-order valence-electron chi connectivity index (χ3n) is 4.66. The molecule has 21 heavy (non-hydrogen) atoms. The molecule has 1 aliphatic rings. The zero-order valence-corrected chi connectivity index (χ0v) is 13.9. The lowest BCUT2D eigenvalue weighted by Crippen LogP contribution is -2.42. The predicted molar refractivity (Wildman–Crippen MR) is 83.9 cm³/mol. The number of carbonyl (C=O) groups excluding carboxylic acids is 1. The summed E-state index contributed by atoms with van der Waals surface area (Å²) in [6, 6.07) is 0. The van der Waals surface area contributed by atoms with Crippen LogP contribution in [0.15, 0.2) is 0 Å². The summed E-state index contributed by atoms with van der Waals surface area (Å²) in [6.45, 7) is 8.98. The molecular weight excluding hydrogens is 266 g/mol. The Morgan fingerprint density at radius 3 is 2.48 bits per heavy atom. The average Bonchev–Trinajstić information content (AvgIpc) is 2.33. The van der Waals surface area contributed by atoms with E-state index in [1.54, 1.807) is 0 Å². The van der Waals surface area contributed by atoms with Crippen molar-refractivity contribution in [1.29, 1.82) is 0 Å². The van der Waals surface area contributed by atoms with E-state index >= 15 is 0 Å². The molecule has 1 aliphatic carbocycles. The van der Waals surface area contributed by atoms with Crippen molar-refractivity contribution in [3.05, 3.63) is 0 Å². The maximum absolute atomic E-state index is 12.4. The zero-order valence-electron chi connectivity index (χ0n) is 13.9. The highest BCUT2D eigenvalue weighted by atomic mass is 16.4. The Kier molecular flexibility index (Phi) is 6.69. The molecule has 0 saturated heterocycles. The molecule has 1 fully saturated rings. The number of amides is 1. The van der Waals surface area contributed by atoms with Crippen LogP contribution in [-0.4, -0.2) is 23.5 Å². The molecule has 0 radical (unpaired) electrons. The van der Waals surface area contributed by atoms with Gasteiger partial charge < -0.3 is 10.4 Å². The smallest absolute Gasteiger partial charge is 0.303 e. The molecule has 0 aromatic rings. The van der Waals surface area contributed by atoms with Crippen LogP contribution in [0.4, 0.5) is 0 Å². The largest absolute Gasteiger partial charge is 0.481 e. The highest BCUT2D eigenvalue weighted by Crippen LogP contribution is 2.40. The van der Waals surface area contributed by atoms with Gasteiger partial charge in [-0.3, -0.25) is 9.59 Å². The van der Waals surface area contributed by atoms with E-state index in [1.165, 1.54) is 6.42 Å². The van der Waals surface area contributed by atoms with E-state index in [0.29, 0.717) is 12.5 Å². The van der Waals surface area contributed by atoms with E-state index in [9.17, 15) is 9.59 Å². The molecule has 1 amide bonds. The van der Waals surface area contributed by atoms with Gasteiger partial charge in [0.15, 0.2) is 0 Å². The van der Waals surface area contributed by atoms with Crippen molar-refractivity contribution in [1.82, 2.24) is 5.32 Å². The van der Waals surface area contributed by atoms with Crippen LogP contribution >= 0.6 is 0 Å². The third-order valence-corrected chi connectivity index (χ3v) is 4.66. The topological polar surface area (TPSA) is 66.4 Å². The highest BCUT2D eigenvalue weighted by Gasteiger charge is 2.37. The summed E-state index contributed by atoms with van der Waals surface area (Å²) in [5, 5.41) is 12.0. The predicted octanol–water partition coefficient (Wildman–Crippen LogP) is 3.46. The van der Waals surface area contributed by atoms with Crippen LogP contribution in [0.5, 0.6) is 0 Å². The monoisotopic (exact) mass is 297 g/mol. The standard InChI is InChI=1S/C17H31NO3/c1-12(2)9-13(10-15(19)20)11-18-16(21)14-7-5-6-8-17(14,3)4/h12-14H,5-11H2,1-4H3,(H,18,21)(H,19,20)/t13-,14?/m0/s1. The Labute approximate surface area is 128 Å². The second-order valence-corrected chi connectivity index (χ2v) is 7.63. The van der Waals surface area contributed by atoms with Crippen molar-refractivity contribution in [2.24, 2.45) is 23.2 Å². The Morgan fingerprint density at radius 1 is 1.29 bits per heavy atom. The Hall–Kier alpha value is -1.06. The fourth-order valence-electron chi connectivity index (χ4n) is 3.50. The first-order valence-corrected chi connectivity index (χ1v) is 8.22. The van der Waals surface area contributed by atoms with Crippen molar-refractivity contribution in [3.8, 4) is 0 Å². The minimum atomic E-state index is -0.784. The minimum Gasteiger partial charge on any atom is -0.481 e. The third kappa shape index (κ3) is 6.06. The summed E-state index contributed by atoms with van der Waals surface area (Å²) in [5.74, 6) is -0.141. The molecule has 0 aromatic heterocycles. The first-order chi connectivity index (χ1) is 9.72. The number of carbonyl (C=O) groups is 2. The number of carboxylic acids is 1. The molecule has 122 valence electrons. The summed E-state index contributed by atoms with van der Waals surface area (Å²) in [4.78, 5) is 23.4. The number of nitrogens with one attached hydrogen (secondary N) is 1. The van der Waals surface area contributed by atoms with Crippen LogP contribution in [0.2, 0.25) is 0 Å². The Morgan fingerprint density at radius 2 is 1.95 bits per heavy atom. The SMILES string of the molecule is CC(C)C[C@H](CNC(=O)C1CCCCC1(C)C)CC(=O)O. The number of hydrogen-bond acceptors (Lipinski definition) is 2. The van der Waals surface area contributed by atoms with Crippen molar-refractivity contribution in [3.63, 3.8) is 0 Å². The fourth-order valence-corrected chi connectivity index (χ4v) is 3.50. The minimum absolute atomic E-state index is 0.0261. The normalized spacial score (nSPS) is 22.8. The van der Waals surface area contributed by atoms with Gasteiger partial charge >= 0.3 is 5.97 Å². The maximum Gasteiger partial charge on any atom is 0.303 e. The van der Waals surface area contributed by atoms with E-state index in [0.717, 1.165) is 25.7 Å². The summed E-state index contributed by atoms with van der Waals surface area (Å²) >= 11 is 0. The molecule has 4 heteroatoms. The number of aliphatic carboxylic acids is 1. The summed E-state index contributed by atoms with van der Waals surface area (Å²) in [7, 11) is 0. The maximum atomic E-state index is 12.4. The molecule has 2 atom stereocenters. The molecule has 1 rings (SSSR count). The van der Waals surface area contributed by atoms with E-state index in [-0.39, 0.29) is 29.6 Å². The van der Waals surface area contributed by atoms with Crippen LogP contribution < -0.4 is 5.32 Å². The van der Waals surface area contributed by atoms with Gasteiger partial charge in [-0.1, -0.05) is 40.5 Å². The van der Waals surface area contributed by atoms with Gasteiger partial charge in [-0.05, 0) is 36.5 Å². The summed E-state index contributed by atoms with van der Waals surface area (Å²) in [6.07, 6.45) is 5.33. The molecule has 1 unspecified atom stereocenters. The molecule has 0 bridgehead atoms. The van der Waals surface area contributed by atoms with Gasteiger partial charge in [-0.25, -0.2) is 0 Å². The summed E-state index contributed by atoms with van der Waals surface area (Å²) < 4.78 is 0. The van der Waals surface area contributed by atoms with Crippen molar-refractivity contribution in [2.45, 2.75) is 66.2 Å². The molecular formula is C17H31NO3. The van der Waals surface area contributed by atoms with Crippen LogP contribution in [0, 0.1) is 23.2 Å². The van der Waals surface area contributed by atoms with E-state index < -0.39 is 5.97 Å². The van der Waals surface area contributed by atoms with Gasteiger partial charge in [0.05, 0.1) is 0 Å². The second-order valence-electron chi connectivity index (χ2n) is 7.63. The quantitative estimate of drug-likeness (QED) is 0.756. The number of carboxylic acid groups (broad SMARTS) is 1. The van der Waals surface area contributed by atoms with E-state index in [1.807, 2.05) is 0 Å². The van der Waals surface area contributed by atoms with Gasteiger partial charge in [0, 0.05) is 18.9 Å². The van der Waals surface area contributed by atoms with E-state index in [4.69, 9.17) is 5.11 Å². The zero-order chi connectivity index (χ0) is 16.0. The van der Waals surface area contributed by atoms with Crippen LogP contribution in [-0.2, 0) is 9.59 Å². The first-order valence-electron chi connectivity index (χ1n) is 8.22. The van der Waals surface area contributed by atoms with E-state index in [2.05, 4.69) is 33.0 Å². The van der Waals surface area contributed by atoms with Crippen LogP contribution in [0.1, 0.15) is 66.2 Å². The first kappa shape index (κ1) is 18.0. The van der Waals surface area contributed by atoms with Gasteiger partial charge in [0.2, 0.25) is 5.91 Å². The van der Waals surface area contributed by atoms with Gasteiger partial charge in [-0.15, -0.1) is 0 Å². The number of hydrogen-bond donors (Lipinski definition) is 2. The van der Waals surface area contributed by atoms with Gasteiger partial charge in [0.1, 0.15) is 0 Å². The average molecular weight is 297 g/mol. The Balaban J connectivity index is 2.53. The van der Waals surface area contributed by atoms with Crippen LogP contribution in [0.25, 0.3) is 0 Å². The summed E-state index contributed by atoms with van der Waals surface area (Å²) in [5.41, 5.74) is 0.0582. The lowest BCUT2D eigenvalue weighted by atomic mass is 9.68. The van der Waals surface area contributed by atoms with Crippen molar-refractivity contribution in [2.75, 3.05) is 6.54 Å². The number of rotatable bonds is 7. The Bertz CT molecular complexity index is 363. The molecule has 0 aliphatic heterocycles. The van der Waals surface area contributed by atoms with Crippen molar-refractivity contribution >= 4 is 11.9 Å². The van der Waals surface area contributed by atoms with Crippen molar-refractivity contribution < 1.29 is 14.7 Å². The highest BCUT2D eigenvalue weighted by molar-refractivity contribution is 5.79. The lowest BCUT2D eigenvalue weighted by Gasteiger charge is -2.37. The second kappa shape index (κ2) is 7.81. The van der Waals surface area contributed by atoms with Crippen LogP contribution in [0.3, 0.4) is 0 Å². The molecule has 4 nitrogen and oxygen atoms in total. The molecule has 0 heterocycles. The molecule has 0 aromatic carbocycles. The molecule has 1 saturated carbocycles. The van der Waals surface area contributed by atoms with Gasteiger partial charge in [-0.2, -0.15) is 0 Å². The lowest BCUT2D eigenvalue weighted by molar-refractivity contribution is -0.138. The fraction of sp³-hybridized carbons (Fsp3) is 0.882. The molecule has 0 spiro atoms.